The van der Waals surface area contributed by atoms with Crippen LogP contribution in [0, 0.1) is 15.9 Å². The third kappa shape index (κ3) is 4.58. The summed E-state index contributed by atoms with van der Waals surface area (Å²) in [5.41, 5.74) is -0.606. The number of rotatable bonds is 6. The van der Waals surface area contributed by atoms with E-state index in [1.54, 1.807) is 42.5 Å². The standard InChI is InChI=1S/C19H14FN3O5/c20-14-3-1-2-13(10-14)11-28-15-7-4-12(5-8-15)6-9-16-21-18(24)17(23(26)27)19(25)22-16/h1-10H,11H2,(H2,21,22,24,25)/b9-6+. The molecular formula is C19H14FN3O5. The molecule has 0 amide bonds. The molecule has 0 atom stereocenters. The molecule has 0 bridgehead atoms. The average Bonchev–Trinajstić information content (AvgIpc) is 2.65. The predicted molar refractivity (Wildman–Crippen MR) is 99.3 cm³/mol. The number of nitrogens with one attached hydrogen (secondary N) is 1. The number of benzene rings is 2. The molecule has 0 spiro atoms. The quantitative estimate of drug-likeness (QED) is 0.498. The van der Waals surface area contributed by atoms with Gasteiger partial charge in [-0.25, -0.2) is 4.39 Å². The molecule has 0 aliphatic rings. The molecule has 2 aromatic carbocycles. The second-order valence-electron chi connectivity index (χ2n) is 5.70. The van der Waals surface area contributed by atoms with Gasteiger partial charge in [-0.15, -0.1) is 0 Å². The smallest absolute Gasteiger partial charge is 0.395 e. The molecular weight excluding hydrogens is 369 g/mol. The first-order chi connectivity index (χ1) is 13.4. The lowest BCUT2D eigenvalue weighted by Crippen LogP contribution is -2.14. The van der Waals surface area contributed by atoms with Crippen molar-refractivity contribution < 1.29 is 19.2 Å². The maximum atomic E-state index is 13.1. The summed E-state index contributed by atoms with van der Waals surface area (Å²) in [5, 5.41) is 20.2. The fourth-order valence-corrected chi connectivity index (χ4v) is 2.36. The molecule has 1 heterocycles. The minimum absolute atomic E-state index is 0.0282. The van der Waals surface area contributed by atoms with E-state index in [-0.39, 0.29) is 18.2 Å². The number of halogens is 1. The lowest BCUT2D eigenvalue weighted by Gasteiger charge is -2.06. The third-order valence-corrected chi connectivity index (χ3v) is 3.69. The molecule has 28 heavy (non-hydrogen) atoms. The first-order valence-electron chi connectivity index (χ1n) is 8.05. The van der Waals surface area contributed by atoms with Crippen LogP contribution in [0.3, 0.4) is 0 Å². The van der Waals surface area contributed by atoms with Crippen molar-refractivity contribution in [3.8, 4) is 11.6 Å². The van der Waals surface area contributed by atoms with Crippen molar-refractivity contribution in [2.45, 2.75) is 6.61 Å². The monoisotopic (exact) mass is 383 g/mol. The number of aromatic nitrogens is 2. The van der Waals surface area contributed by atoms with Gasteiger partial charge in [0.05, 0.1) is 4.92 Å². The fraction of sp³-hybridized carbons (Fsp3) is 0.0526. The highest BCUT2D eigenvalue weighted by Gasteiger charge is 2.21. The molecule has 1 aromatic heterocycles. The van der Waals surface area contributed by atoms with Crippen LogP contribution in [0.1, 0.15) is 17.0 Å². The normalized spacial score (nSPS) is 10.9. The summed E-state index contributed by atoms with van der Waals surface area (Å²) in [5.74, 6) is -0.722. The van der Waals surface area contributed by atoms with Gasteiger partial charge in [-0.05, 0) is 41.5 Å². The highest BCUT2D eigenvalue weighted by atomic mass is 19.1. The summed E-state index contributed by atoms with van der Waals surface area (Å²) in [6, 6.07) is 13.0. The van der Waals surface area contributed by atoms with Crippen molar-refractivity contribution in [1.29, 1.82) is 0 Å². The second kappa shape index (κ2) is 8.12. The first kappa shape index (κ1) is 18.8. The Morgan fingerprint density at radius 2 is 1.96 bits per heavy atom. The number of hydrogen-bond acceptors (Lipinski definition) is 6. The molecule has 9 heteroatoms. The molecule has 0 unspecified atom stereocenters. The van der Waals surface area contributed by atoms with Crippen LogP contribution in [0.2, 0.25) is 0 Å². The van der Waals surface area contributed by atoms with Crippen LogP contribution in [-0.4, -0.2) is 20.0 Å². The van der Waals surface area contributed by atoms with Gasteiger partial charge in [-0.2, -0.15) is 4.98 Å². The van der Waals surface area contributed by atoms with Gasteiger partial charge in [-0.1, -0.05) is 30.3 Å². The van der Waals surface area contributed by atoms with Crippen molar-refractivity contribution in [2.24, 2.45) is 0 Å². The Kier molecular flexibility index (Phi) is 5.45. The van der Waals surface area contributed by atoms with E-state index in [0.29, 0.717) is 11.3 Å². The van der Waals surface area contributed by atoms with E-state index in [1.807, 2.05) is 0 Å². The Morgan fingerprint density at radius 3 is 2.61 bits per heavy atom. The number of H-pyrrole nitrogens is 1. The molecule has 2 N–H and O–H groups in total. The summed E-state index contributed by atoms with van der Waals surface area (Å²) in [7, 11) is 0. The van der Waals surface area contributed by atoms with Gasteiger partial charge in [0, 0.05) is 0 Å². The van der Waals surface area contributed by atoms with Gasteiger partial charge < -0.3 is 14.8 Å². The minimum atomic E-state index is -1.04. The maximum Gasteiger partial charge on any atom is 0.395 e. The van der Waals surface area contributed by atoms with E-state index < -0.39 is 22.0 Å². The molecule has 142 valence electrons. The predicted octanol–water partition coefficient (Wildman–Crippen LogP) is 3.27. The van der Waals surface area contributed by atoms with E-state index in [4.69, 9.17) is 4.74 Å². The zero-order chi connectivity index (χ0) is 20.1. The van der Waals surface area contributed by atoms with Crippen LogP contribution >= 0.6 is 0 Å². The Hall–Kier alpha value is -4.01. The van der Waals surface area contributed by atoms with Gasteiger partial charge >= 0.3 is 11.2 Å². The highest BCUT2D eigenvalue weighted by Crippen LogP contribution is 2.18. The number of hydrogen-bond donors (Lipinski definition) is 2. The molecule has 8 nitrogen and oxygen atoms in total. The van der Waals surface area contributed by atoms with Crippen molar-refractivity contribution in [3.63, 3.8) is 0 Å². The molecule has 3 aromatic rings. The van der Waals surface area contributed by atoms with E-state index >= 15 is 0 Å². The Balaban J connectivity index is 1.67. The average molecular weight is 383 g/mol. The van der Waals surface area contributed by atoms with E-state index in [2.05, 4.69) is 9.97 Å². The zero-order valence-corrected chi connectivity index (χ0v) is 14.3. The minimum Gasteiger partial charge on any atom is -0.489 e. The highest BCUT2D eigenvalue weighted by molar-refractivity contribution is 5.67. The lowest BCUT2D eigenvalue weighted by molar-refractivity contribution is -0.387. The van der Waals surface area contributed by atoms with Gasteiger partial charge in [0.1, 0.15) is 24.0 Å². The third-order valence-electron chi connectivity index (χ3n) is 3.69. The van der Waals surface area contributed by atoms with Gasteiger partial charge in [0.15, 0.2) is 0 Å². The first-order valence-corrected chi connectivity index (χ1v) is 8.05. The fourth-order valence-electron chi connectivity index (χ4n) is 2.36. The topological polar surface area (TPSA) is 118 Å². The van der Waals surface area contributed by atoms with Crippen LogP contribution in [0.25, 0.3) is 12.2 Å². The molecule has 0 saturated carbocycles. The van der Waals surface area contributed by atoms with Crippen molar-refractivity contribution in [2.75, 3.05) is 0 Å². The summed E-state index contributed by atoms with van der Waals surface area (Å²) in [6.45, 7) is 0.222. The number of nitrogens with zero attached hydrogens (tertiary/aromatic N) is 2. The Morgan fingerprint density at radius 1 is 1.21 bits per heavy atom. The van der Waals surface area contributed by atoms with Crippen LogP contribution in [0.4, 0.5) is 10.1 Å². The maximum absolute atomic E-state index is 13.1. The number of nitro groups is 1. The Bertz CT molecular complexity index is 1090. The van der Waals surface area contributed by atoms with E-state index in [1.165, 1.54) is 18.2 Å². The second-order valence-corrected chi connectivity index (χ2v) is 5.70. The summed E-state index contributed by atoms with van der Waals surface area (Å²) >= 11 is 0. The number of aromatic hydroxyl groups is 1. The van der Waals surface area contributed by atoms with Gasteiger partial charge in [-0.3, -0.25) is 14.9 Å². The summed E-state index contributed by atoms with van der Waals surface area (Å²) in [6.07, 6.45) is 2.99. The SMILES string of the molecule is O=c1[nH]c(/C=C/c2ccc(OCc3cccc(F)c3)cc2)nc(O)c1[N+](=O)[O-]. The van der Waals surface area contributed by atoms with Crippen LogP contribution in [-0.2, 0) is 6.61 Å². The lowest BCUT2D eigenvalue weighted by atomic mass is 10.2. The molecule has 3 rings (SSSR count). The molecule has 0 aliphatic carbocycles. The zero-order valence-electron chi connectivity index (χ0n) is 14.3. The summed E-state index contributed by atoms with van der Waals surface area (Å²) in [4.78, 5) is 27.0. The van der Waals surface area contributed by atoms with Crippen LogP contribution in [0.5, 0.6) is 11.6 Å². The van der Waals surface area contributed by atoms with Gasteiger partial charge in [0.2, 0.25) is 0 Å². The van der Waals surface area contributed by atoms with Crippen molar-refractivity contribution in [3.05, 3.63) is 91.8 Å². The number of aromatic amines is 1. The van der Waals surface area contributed by atoms with E-state index in [9.17, 15) is 24.4 Å². The van der Waals surface area contributed by atoms with Crippen LogP contribution < -0.4 is 10.3 Å². The van der Waals surface area contributed by atoms with Gasteiger partial charge in [0.25, 0.3) is 5.88 Å². The molecule has 0 fully saturated rings. The molecule has 0 saturated heterocycles. The van der Waals surface area contributed by atoms with Crippen LogP contribution in [0.15, 0.2) is 53.3 Å². The van der Waals surface area contributed by atoms with Crippen molar-refractivity contribution >= 4 is 17.8 Å². The summed E-state index contributed by atoms with van der Waals surface area (Å²) < 4.78 is 18.7. The Labute approximate surface area is 157 Å². The molecule has 0 aliphatic heterocycles. The number of ether oxygens (including phenoxy) is 1. The molecule has 0 radical (unpaired) electrons. The largest absolute Gasteiger partial charge is 0.489 e. The van der Waals surface area contributed by atoms with Crippen molar-refractivity contribution in [1.82, 2.24) is 9.97 Å². The van der Waals surface area contributed by atoms with E-state index in [0.717, 1.165) is 5.56 Å².